The Hall–Kier alpha value is -1.80. The Morgan fingerprint density at radius 2 is 1.63 bits per heavy atom. The van der Waals surface area contributed by atoms with Crippen molar-refractivity contribution in [2.24, 2.45) is 10.9 Å². The summed E-state index contributed by atoms with van der Waals surface area (Å²) in [6.45, 7) is 8.79. The molecular formula is C24H35IN4O. The van der Waals surface area contributed by atoms with Crippen molar-refractivity contribution in [1.82, 2.24) is 10.6 Å². The van der Waals surface area contributed by atoms with Gasteiger partial charge in [0.15, 0.2) is 5.96 Å². The number of nitrogens with zero attached hydrogens (tertiary/aromatic N) is 2. The molecule has 0 aliphatic carbocycles. The van der Waals surface area contributed by atoms with Gasteiger partial charge in [-0.15, -0.1) is 24.0 Å². The van der Waals surface area contributed by atoms with Crippen LogP contribution in [0, 0.1) is 12.8 Å². The second-order valence-corrected chi connectivity index (χ2v) is 7.81. The van der Waals surface area contributed by atoms with Gasteiger partial charge in [0.2, 0.25) is 0 Å². The zero-order valence-electron chi connectivity index (χ0n) is 18.1. The molecule has 3 N–H and O–H groups in total. The lowest BCUT2D eigenvalue weighted by atomic mass is 9.97. The second kappa shape index (κ2) is 12.8. The van der Waals surface area contributed by atoms with E-state index in [0.717, 1.165) is 45.0 Å². The number of aliphatic hydroxyl groups excluding tert-OH is 1. The SMILES string of the molecule is CCNC(=NCc1ccc(N2CCC(CO)CC2)cc1)NCc1ccc(C)cc1.I. The summed E-state index contributed by atoms with van der Waals surface area (Å²) in [6.07, 6.45) is 2.14. The van der Waals surface area contributed by atoms with Gasteiger partial charge in [-0.2, -0.15) is 0 Å². The molecule has 0 bridgehead atoms. The average molecular weight is 522 g/mol. The van der Waals surface area contributed by atoms with Crippen LogP contribution in [0.1, 0.15) is 36.5 Å². The molecule has 0 saturated carbocycles. The van der Waals surface area contributed by atoms with Crippen LogP contribution in [0.4, 0.5) is 5.69 Å². The zero-order chi connectivity index (χ0) is 20.5. The van der Waals surface area contributed by atoms with Crippen LogP contribution in [0.5, 0.6) is 0 Å². The minimum atomic E-state index is 0. The number of aliphatic imine (C=N–C) groups is 1. The van der Waals surface area contributed by atoms with Gasteiger partial charge >= 0.3 is 0 Å². The lowest BCUT2D eigenvalue weighted by Gasteiger charge is -2.32. The summed E-state index contributed by atoms with van der Waals surface area (Å²) < 4.78 is 0. The van der Waals surface area contributed by atoms with Gasteiger partial charge in [0, 0.05) is 38.5 Å². The molecule has 1 aliphatic rings. The smallest absolute Gasteiger partial charge is 0.191 e. The minimum Gasteiger partial charge on any atom is -0.396 e. The summed E-state index contributed by atoms with van der Waals surface area (Å²) in [5.41, 5.74) is 4.98. The highest BCUT2D eigenvalue weighted by Crippen LogP contribution is 2.23. The Morgan fingerprint density at radius 1 is 1.00 bits per heavy atom. The summed E-state index contributed by atoms with van der Waals surface area (Å²) in [5.74, 6) is 1.31. The maximum absolute atomic E-state index is 9.30. The van der Waals surface area contributed by atoms with E-state index in [1.165, 1.54) is 22.4 Å². The molecule has 2 aromatic rings. The molecule has 3 rings (SSSR count). The van der Waals surface area contributed by atoms with E-state index >= 15 is 0 Å². The largest absolute Gasteiger partial charge is 0.396 e. The summed E-state index contributed by atoms with van der Waals surface area (Å²) in [5, 5.41) is 16.0. The van der Waals surface area contributed by atoms with Gasteiger partial charge in [0.25, 0.3) is 0 Å². The van der Waals surface area contributed by atoms with Gasteiger partial charge in [0.05, 0.1) is 6.54 Å². The maximum Gasteiger partial charge on any atom is 0.191 e. The van der Waals surface area contributed by atoms with E-state index < -0.39 is 0 Å². The number of hydrogen-bond donors (Lipinski definition) is 3. The minimum absolute atomic E-state index is 0. The lowest BCUT2D eigenvalue weighted by Crippen LogP contribution is -2.36. The van der Waals surface area contributed by atoms with Crippen LogP contribution < -0.4 is 15.5 Å². The summed E-state index contributed by atoms with van der Waals surface area (Å²) in [7, 11) is 0. The van der Waals surface area contributed by atoms with Gasteiger partial charge in [-0.1, -0.05) is 42.0 Å². The Labute approximate surface area is 198 Å². The number of hydrogen-bond acceptors (Lipinski definition) is 3. The van der Waals surface area contributed by atoms with E-state index in [1.54, 1.807) is 0 Å². The third-order valence-electron chi connectivity index (χ3n) is 5.52. The highest BCUT2D eigenvalue weighted by atomic mass is 127. The number of guanidine groups is 1. The van der Waals surface area contributed by atoms with Crippen molar-refractivity contribution in [3.63, 3.8) is 0 Å². The number of rotatable bonds is 7. The fourth-order valence-electron chi connectivity index (χ4n) is 3.59. The summed E-state index contributed by atoms with van der Waals surface area (Å²) in [6, 6.07) is 17.3. The van der Waals surface area contributed by atoms with Crippen LogP contribution in [0.25, 0.3) is 0 Å². The molecule has 1 fully saturated rings. The molecule has 5 nitrogen and oxygen atoms in total. The Bertz CT molecular complexity index is 769. The topological polar surface area (TPSA) is 59.9 Å². The third kappa shape index (κ3) is 7.47. The van der Waals surface area contributed by atoms with Crippen LogP contribution in [-0.4, -0.2) is 37.3 Å². The number of piperidine rings is 1. The fourth-order valence-corrected chi connectivity index (χ4v) is 3.59. The molecular weight excluding hydrogens is 487 g/mol. The van der Waals surface area contributed by atoms with Crippen LogP contribution in [0.2, 0.25) is 0 Å². The Morgan fingerprint density at radius 3 is 2.23 bits per heavy atom. The highest BCUT2D eigenvalue weighted by molar-refractivity contribution is 14.0. The standard InChI is InChI=1S/C24H34N4O.HI/c1-3-25-24(26-16-20-6-4-19(2)5-7-20)27-17-21-8-10-23(11-9-21)28-14-12-22(18-29)13-15-28;/h4-11,22,29H,3,12-18H2,1-2H3,(H2,25,26,27);1H. The highest BCUT2D eigenvalue weighted by Gasteiger charge is 2.18. The number of benzene rings is 2. The number of aryl methyl sites for hydroxylation is 1. The molecule has 1 aliphatic heterocycles. The molecule has 0 unspecified atom stereocenters. The van der Waals surface area contributed by atoms with Gasteiger partial charge in [0.1, 0.15) is 0 Å². The fraction of sp³-hybridized carbons (Fsp3) is 0.458. The van der Waals surface area contributed by atoms with E-state index in [4.69, 9.17) is 4.99 Å². The van der Waals surface area contributed by atoms with E-state index in [9.17, 15) is 5.11 Å². The molecule has 2 aromatic carbocycles. The number of anilines is 1. The Kier molecular flexibility index (Phi) is 10.4. The normalized spacial score (nSPS) is 14.9. The van der Waals surface area contributed by atoms with Gasteiger partial charge < -0.3 is 20.6 Å². The molecule has 30 heavy (non-hydrogen) atoms. The van der Waals surface area contributed by atoms with Crippen LogP contribution in [0.3, 0.4) is 0 Å². The first kappa shape index (κ1) is 24.5. The van der Waals surface area contributed by atoms with E-state index in [-0.39, 0.29) is 24.0 Å². The molecule has 1 heterocycles. The molecule has 0 radical (unpaired) electrons. The van der Waals surface area contributed by atoms with E-state index in [1.807, 2.05) is 0 Å². The average Bonchev–Trinajstić information content (AvgIpc) is 2.77. The van der Waals surface area contributed by atoms with Crippen molar-refractivity contribution in [3.8, 4) is 0 Å². The molecule has 0 aromatic heterocycles. The third-order valence-corrected chi connectivity index (χ3v) is 5.52. The summed E-state index contributed by atoms with van der Waals surface area (Å²) >= 11 is 0. The molecule has 164 valence electrons. The van der Waals surface area contributed by atoms with Crippen molar-refractivity contribution < 1.29 is 5.11 Å². The first-order valence-corrected chi connectivity index (χ1v) is 10.7. The van der Waals surface area contributed by atoms with Crippen molar-refractivity contribution >= 4 is 35.6 Å². The predicted octanol–water partition coefficient (Wildman–Crippen LogP) is 4.08. The van der Waals surface area contributed by atoms with Crippen LogP contribution in [-0.2, 0) is 13.1 Å². The first-order chi connectivity index (χ1) is 14.2. The number of nitrogens with one attached hydrogen (secondary N) is 2. The predicted molar refractivity (Wildman–Crippen MR) is 137 cm³/mol. The number of aliphatic hydroxyl groups is 1. The van der Waals surface area contributed by atoms with Crippen molar-refractivity contribution in [2.75, 3.05) is 31.1 Å². The lowest BCUT2D eigenvalue weighted by molar-refractivity contribution is 0.203. The van der Waals surface area contributed by atoms with Crippen molar-refractivity contribution in [2.45, 2.75) is 39.8 Å². The van der Waals surface area contributed by atoms with Gasteiger partial charge in [-0.3, -0.25) is 0 Å². The molecule has 6 heteroatoms. The molecule has 0 amide bonds. The quantitative estimate of drug-likeness (QED) is 0.292. The van der Waals surface area contributed by atoms with Gasteiger partial charge in [-0.05, 0) is 55.9 Å². The molecule has 0 spiro atoms. The molecule has 0 atom stereocenters. The monoisotopic (exact) mass is 522 g/mol. The van der Waals surface area contributed by atoms with Gasteiger partial charge in [-0.25, -0.2) is 4.99 Å². The van der Waals surface area contributed by atoms with E-state index in [2.05, 4.69) is 77.9 Å². The Balaban J connectivity index is 0.00000320. The van der Waals surface area contributed by atoms with E-state index in [0.29, 0.717) is 19.1 Å². The van der Waals surface area contributed by atoms with Crippen LogP contribution >= 0.6 is 24.0 Å². The van der Waals surface area contributed by atoms with Crippen molar-refractivity contribution in [1.29, 1.82) is 0 Å². The van der Waals surface area contributed by atoms with Crippen LogP contribution in [0.15, 0.2) is 53.5 Å². The second-order valence-electron chi connectivity index (χ2n) is 7.81. The maximum atomic E-state index is 9.30. The first-order valence-electron chi connectivity index (χ1n) is 10.7. The summed E-state index contributed by atoms with van der Waals surface area (Å²) in [4.78, 5) is 7.14. The number of halogens is 1. The molecule has 1 saturated heterocycles. The van der Waals surface area contributed by atoms with Crippen molar-refractivity contribution in [3.05, 3.63) is 65.2 Å². The zero-order valence-corrected chi connectivity index (χ0v) is 20.4.